The largest absolute Gasteiger partial charge is 0.491 e. The van der Waals surface area contributed by atoms with E-state index in [0.717, 1.165) is 12.1 Å². The highest BCUT2D eigenvalue weighted by atomic mass is 16.5. The van der Waals surface area contributed by atoms with Crippen molar-refractivity contribution in [2.24, 2.45) is 5.92 Å². The molecule has 3 amide bonds. The smallest absolute Gasteiger partial charge is 0.321 e. The van der Waals surface area contributed by atoms with Gasteiger partial charge in [-0.1, -0.05) is 37.3 Å². The number of rotatable bonds is 6. The number of nitrogens with zero attached hydrogens (tertiary/aromatic N) is 1. The molecule has 1 aliphatic heterocycles. The minimum Gasteiger partial charge on any atom is -0.491 e. The van der Waals surface area contributed by atoms with Crippen molar-refractivity contribution in [2.45, 2.75) is 26.2 Å². The molecule has 6 nitrogen and oxygen atoms in total. The van der Waals surface area contributed by atoms with E-state index in [2.05, 4.69) is 10.6 Å². The lowest BCUT2D eigenvalue weighted by molar-refractivity contribution is -0.121. The van der Waals surface area contributed by atoms with Gasteiger partial charge in [0.2, 0.25) is 5.91 Å². The van der Waals surface area contributed by atoms with Crippen molar-refractivity contribution in [3.8, 4) is 5.75 Å². The number of anilines is 2. The van der Waals surface area contributed by atoms with E-state index in [-0.39, 0.29) is 17.9 Å². The summed E-state index contributed by atoms with van der Waals surface area (Å²) in [6.45, 7) is 3.78. The maximum Gasteiger partial charge on any atom is 0.321 e. The molecule has 28 heavy (non-hydrogen) atoms. The van der Waals surface area contributed by atoms with Crippen molar-refractivity contribution in [2.75, 3.05) is 30.3 Å². The molecule has 0 atom stereocenters. The number of amides is 3. The predicted octanol–water partition coefficient (Wildman–Crippen LogP) is 4.36. The standard InChI is InChI=1S/C22H27N3O3/c1-2-16-28-20-11-7-6-10-19(20)24-21(26)17-12-14-25(15-13-17)22(27)23-18-8-4-3-5-9-18/h3-11,17H,2,12-16H2,1H3,(H,23,27)(H,24,26). The van der Waals surface area contributed by atoms with Crippen molar-refractivity contribution in [1.29, 1.82) is 0 Å². The van der Waals surface area contributed by atoms with Crippen LogP contribution in [0.3, 0.4) is 0 Å². The lowest BCUT2D eigenvalue weighted by Crippen LogP contribution is -2.43. The van der Waals surface area contributed by atoms with Crippen LogP contribution in [0.2, 0.25) is 0 Å². The summed E-state index contributed by atoms with van der Waals surface area (Å²) >= 11 is 0. The number of hydrogen-bond acceptors (Lipinski definition) is 3. The maximum absolute atomic E-state index is 12.7. The monoisotopic (exact) mass is 381 g/mol. The van der Waals surface area contributed by atoms with Crippen LogP contribution in [0.15, 0.2) is 54.6 Å². The highest BCUT2D eigenvalue weighted by molar-refractivity contribution is 5.94. The number of para-hydroxylation sites is 3. The fraction of sp³-hybridized carbons (Fsp3) is 0.364. The Morgan fingerprint density at radius 1 is 1.00 bits per heavy atom. The molecule has 2 aromatic rings. The van der Waals surface area contributed by atoms with Gasteiger partial charge in [0.15, 0.2) is 0 Å². The molecule has 0 radical (unpaired) electrons. The fourth-order valence-electron chi connectivity index (χ4n) is 3.21. The third-order valence-corrected chi connectivity index (χ3v) is 4.78. The highest BCUT2D eigenvalue weighted by Crippen LogP contribution is 2.26. The van der Waals surface area contributed by atoms with Crippen molar-refractivity contribution in [3.05, 3.63) is 54.6 Å². The molecular formula is C22H27N3O3. The van der Waals surface area contributed by atoms with E-state index < -0.39 is 0 Å². The van der Waals surface area contributed by atoms with Crippen LogP contribution in [-0.2, 0) is 4.79 Å². The van der Waals surface area contributed by atoms with Gasteiger partial charge in [0.05, 0.1) is 12.3 Å². The minimum atomic E-state index is -0.122. The van der Waals surface area contributed by atoms with Crippen LogP contribution < -0.4 is 15.4 Å². The third-order valence-electron chi connectivity index (χ3n) is 4.78. The summed E-state index contributed by atoms with van der Waals surface area (Å²) in [5.74, 6) is 0.563. The average molecular weight is 381 g/mol. The molecule has 1 aliphatic rings. The van der Waals surface area contributed by atoms with Crippen molar-refractivity contribution in [3.63, 3.8) is 0 Å². The normalized spacial score (nSPS) is 14.4. The van der Waals surface area contributed by atoms with Gasteiger partial charge in [-0.3, -0.25) is 4.79 Å². The second-order valence-electron chi connectivity index (χ2n) is 6.89. The van der Waals surface area contributed by atoms with E-state index in [1.807, 2.05) is 61.5 Å². The topological polar surface area (TPSA) is 70.7 Å². The molecule has 0 aromatic heterocycles. The van der Waals surface area contributed by atoms with Gasteiger partial charge in [0.1, 0.15) is 5.75 Å². The zero-order valence-corrected chi connectivity index (χ0v) is 16.2. The summed E-state index contributed by atoms with van der Waals surface area (Å²) in [5, 5.41) is 5.88. The van der Waals surface area contributed by atoms with Crippen LogP contribution in [0.5, 0.6) is 5.75 Å². The molecule has 0 bridgehead atoms. The van der Waals surface area contributed by atoms with Gasteiger partial charge in [-0.15, -0.1) is 0 Å². The highest BCUT2D eigenvalue weighted by Gasteiger charge is 2.27. The van der Waals surface area contributed by atoms with E-state index in [1.165, 1.54) is 0 Å². The van der Waals surface area contributed by atoms with Gasteiger partial charge in [-0.05, 0) is 43.5 Å². The Morgan fingerprint density at radius 2 is 1.68 bits per heavy atom. The molecule has 6 heteroatoms. The number of carbonyl (C=O) groups is 2. The van der Waals surface area contributed by atoms with Gasteiger partial charge < -0.3 is 20.3 Å². The molecule has 1 saturated heterocycles. The van der Waals surface area contributed by atoms with Crippen LogP contribution in [0.1, 0.15) is 26.2 Å². The first-order valence-corrected chi connectivity index (χ1v) is 9.81. The SMILES string of the molecule is CCCOc1ccccc1NC(=O)C1CCN(C(=O)Nc2ccccc2)CC1. The van der Waals surface area contributed by atoms with Crippen LogP contribution in [0.4, 0.5) is 16.2 Å². The second-order valence-corrected chi connectivity index (χ2v) is 6.89. The van der Waals surface area contributed by atoms with Crippen molar-refractivity contribution >= 4 is 23.3 Å². The van der Waals surface area contributed by atoms with Crippen LogP contribution in [0.25, 0.3) is 0 Å². The Hall–Kier alpha value is -3.02. The Bertz CT molecular complexity index is 787. The number of hydrogen-bond donors (Lipinski definition) is 2. The summed E-state index contributed by atoms with van der Waals surface area (Å²) in [6, 6.07) is 16.8. The molecule has 0 aliphatic carbocycles. The summed E-state index contributed by atoms with van der Waals surface area (Å²) in [5.41, 5.74) is 1.47. The Labute approximate surface area is 165 Å². The molecule has 0 unspecified atom stereocenters. The first-order chi connectivity index (χ1) is 13.7. The number of likely N-dealkylation sites (tertiary alicyclic amines) is 1. The van der Waals surface area contributed by atoms with Gasteiger partial charge in [0, 0.05) is 24.7 Å². The third kappa shape index (κ3) is 5.25. The lowest BCUT2D eigenvalue weighted by atomic mass is 9.96. The quantitative estimate of drug-likeness (QED) is 0.781. The summed E-state index contributed by atoms with van der Waals surface area (Å²) < 4.78 is 5.70. The van der Waals surface area contributed by atoms with E-state index in [1.54, 1.807) is 4.90 Å². The minimum absolute atomic E-state index is 0.0179. The number of nitrogens with one attached hydrogen (secondary N) is 2. The predicted molar refractivity (Wildman–Crippen MR) is 111 cm³/mol. The number of carbonyl (C=O) groups excluding carboxylic acids is 2. The van der Waals surface area contributed by atoms with Gasteiger partial charge >= 0.3 is 6.03 Å². The number of piperidine rings is 1. The average Bonchev–Trinajstić information content (AvgIpc) is 2.74. The molecule has 0 saturated carbocycles. The zero-order valence-electron chi connectivity index (χ0n) is 16.2. The van der Waals surface area contributed by atoms with E-state index >= 15 is 0 Å². The Balaban J connectivity index is 1.51. The first-order valence-electron chi connectivity index (χ1n) is 9.81. The molecule has 2 N–H and O–H groups in total. The van der Waals surface area contributed by atoms with Gasteiger partial charge in [-0.2, -0.15) is 0 Å². The molecular weight excluding hydrogens is 354 g/mol. The molecule has 1 fully saturated rings. The van der Waals surface area contributed by atoms with Crippen LogP contribution >= 0.6 is 0 Å². The van der Waals surface area contributed by atoms with E-state index in [0.29, 0.717) is 44.0 Å². The summed E-state index contributed by atoms with van der Waals surface area (Å²) in [4.78, 5) is 26.8. The summed E-state index contributed by atoms with van der Waals surface area (Å²) in [7, 11) is 0. The lowest BCUT2D eigenvalue weighted by Gasteiger charge is -2.31. The van der Waals surface area contributed by atoms with Gasteiger partial charge in [-0.25, -0.2) is 4.79 Å². The number of ether oxygens (including phenoxy) is 1. The van der Waals surface area contributed by atoms with Crippen molar-refractivity contribution < 1.29 is 14.3 Å². The van der Waals surface area contributed by atoms with Crippen LogP contribution in [-0.4, -0.2) is 36.5 Å². The second kappa shape index (κ2) is 9.78. The maximum atomic E-state index is 12.7. The Morgan fingerprint density at radius 3 is 2.39 bits per heavy atom. The summed E-state index contributed by atoms with van der Waals surface area (Å²) in [6.07, 6.45) is 2.20. The number of urea groups is 1. The molecule has 1 heterocycles. The number of benzene rings is 2. The van der Waals surface area contributed by atoms with Crippen LogP contribution in [0, 0.1) is 5.92 Å². The fourth-order valence-corrected chi connectivity index (χ4v) is 3.21. The first kappa shape index (κ1) is 19.7. The Kier molecular flexibility index (Phi) is 6.89. The van der Waals surface area contributed by atoms with Crippen molar-refractivity contribution in [1.82, 2.24) is 4.90 Å². The molecule has 2 aromatic carbocycles. The zero-order chi connectivity index (χ0) is 19.8. The van der Waals surface area contributed by atoms with E-state index in [9.17, 15) is 9.59 Å². The van der Waals surface area contributed by atoms with E-state index in [4.69, 9.17) is 4.74 Å². The molecule has 148 valence electrons. The molecule has 0 spiro atoms. The van der Waals surface area contributed by atoms with Gasteiger partial charge in [0.25, 0.3) is 0 Å². The molecule has 3 rings (SSSR count).